The van der Waals surface area contributed by atoms with Gasteiger partial charge in [0.25, 0.3) is 5.91 Å². The number of hydrogen-bond donors (Lipinski definition) is 2. The van der Waals surface area contributed by atoms with Crippen molar-refractivity contribution in [2.75, 3.05) is 10.6 Å². The van der Waals surface area contributed by atoms with Gasteiger partial charge >= 0.3 is 0 Å². The topological polar surface area (TPSA) is 97.6 Å². The number of carbonyl (C=O) groups excluding carboxylic acids is 1. The summed E-state index contributed by atoms with van der Waals surface area (Å²) in [6.45, 7) is 1.99. The number of nitrogens with one attached hydrogen (secondary N) is 2. The molecule has 0 radical (unpaired) electrons. The third-order valence-corrected chi connectivity index (χ3v) is 5.15. The molecule has 2 N–H and O–H groups in total. The number of amides is 1. The Morgan fingerprint density at radius 1 is 1.10 bits per heavy atom. The lowest BCUT2D eigenvalue weighted by atomic mass is 10.1. The molecule has 8 heteroatoms. The number of benzene rings is 1. The van der Waals surface area contributed by atoms with Gasteiger partial charge in [0, 0.05) is 41.7 Å². The van der Waals surface area contributed by atoms with Gasteiger partial charge in [0.2, 0.25) is 5.95 Å². The molecule has 154 valence electrons. The zero-order chi connectivity index (χ0) is 21.2. The SMILES string of the molecule is Cc1ccc(NC(=O)c2ccnn2C2CC2)cc1Nc1nccc(-c2cccnc2)n1. The standard InChI is InChI=1S/C23H21N7O/c1-15-4-5-17(27-22(31)21-9-12-26-30(21)18-6-7-18)13-20(15)29-23-25-11-8-19(28-23)16-3-2-10-24-14-16/h2-5,8-14,18H,6-7H2,1H3,(H,27,31)(H,25,28,29). The van der Waals surface area contributed by atoms with E-state index in [1.807, 2.05) is 43.3 Å². The Balaban J connectivity index is 1.36. The van der Waals surface area contributed by atoms with E-state index in [1.54, 1.807) is 35.5 Å². The molecule has 0 unspecified atom stereocenters. The zero-order valence-corrected chi connectivity index (χ0v) is 17.0. The van der Waals surface area contributed by atoms with Gasteiger partial charge in [-0.05, 0) is 61.7 Å². The lowest BCUT2D eigenvalue weighted by molar-refractivity contribution is 0.101. The van der Waals surface area contributed by atoms with Gasteiger partial charge in [-0.3, -0.25) is 14.5 Å². The molecule has 1 aromatic carbocycles. The quantitative estimate of drug-likeness (QED) is 0.489. The van der Waals surface area contributed by atoms with Gasteiger partial charge in [-0.25, -0.2) is 9.97 Å². The maximum Gasteiger partial charge on any atom is 0.273 e. The summed E-state index contributed by atoms with van der Waals surface area (Å²) in [6.07, 6.45) is 9.00. The van der Waals surface area contributed by atoms with E-state index in [0.717, 1.165) is 35.3 Å². The Morgan fingerprint density at radius 2 is 2.00 bits per heavy atom. The molecular weight excluding hydrogens is 390 g/mol. The summed E-state index contributed by atoms with van der Waals surface area (Å²) in [4.78, 5) is 25.8. The van der Waals surface area contributed by atoms with Crippen LogP contribution in [-0.2, 0) is 0 Å². The Hall–Kier alpha value is -4.07. The second-order valence-electron chi connectivity index (χ2n) is 7.51. The summed E-state index contributed by atoms with van der Waals surface area (Å²) in [5.74, 6) is 0.300. The first-order chi connectivity index (χ1) is 15.2. The second-order valence-corrected chi connectivity index (χ2v) is 7.51. The monoisotopic (exact) mass is 411 g/mol. The van der Waals surface area contributed by atoms with Crippen molar-refractivity contribution in [3.05, 3.63) is 78.5 Å². The first-order valence-electron chi connectivity index (χ1n) is 10.1. The van der Waals surface area contributed by atoms with Crippen LogP contribution in [0.2, 0.25) is 0 Å². The van der Waals surface area contributed by atoms with E-state index in [-0.39, 0.29) is 5.91 Å². The molecule has 3 heterocycles. The fraction of sp³-hybridized carbons (Fsp3) is 0.174. The van der Waals surface area contributed by atoms with Gasteiger partial charge in [0.05, 0.1) is 11.7 Å². The number of anilines is 3. The molecule has 5 rings (SSSR count). The van der Waals surface area contributed by atoms with Crippen LogP contribution in [0.5, 0.6) is 0 Å². The normalized spacial score (nSPS) is 13.1. The van der Waals surface area contributed by atoms with Gasteiger partial charge in [-0.1, -0.05) is 6.07 Å². The van der Waals surface area contributed by atoms with Gasteiger partial charge < -0.3 is 10.6 Å². The summed E-state index contributed by atoms with van der Waals surface area (Å²) >= 11 is 0. The Morgan fingerprint density at radius 3 is 2.81 bits per heavy atom. The number of nitrogens with zero attached hydrogens (tertiary/aromatic N) is 5. The molecule has 0 atom stereocenters. The largest absolute Gasteiger partial charge is 0.324 e. The first-order valence-corrected chi connectivity index (χ1v) is 10.1. The zero-order valence-electron chi connectivity index (χ0n) is 17.0. The average Bonchev–Trinajstić information content (AvgIpc) is 3.52. The highest BCUT2D eigenvalue weighted by molar-refractivity contribution is 6.03. The van der Waals surface area contributed by atoms with Crippen LogP contribution in [0.25, 0.3) is 11.3 Å². The molecule has 0 aliphatic heterocycles. The molecule has 0 bridgehead atoms. The summed E-state index contributed by atoms with van der Waals surface area (Å²) in [7, 11) is 0. The second kappa shape index (κ2) is 7.98. The van der Waals surface area contributed by atoms with Crippen molar-refractivity contribution in [3.8, 4) is 11.3 Å². The van der Waals surface area contributed by atoms with Crippen LogP contribution >= 0.6 is 0 Å². The van der Waals surface area contributed by atoms with E-state index in [0.29, 0.717) is 23.4 Å². The maximum atomic E-state index is 12.8. The number of pyridine rings is 1. The molecule has 0 saturated heterocycles. The molecule has 1 amide bonds. The molecule has 3 aromatic heterocycles. The predicted octanol–water partition coefficient (Wildman–Crippen LogP) is 4.37. The number of aromatic nitrogens is 5. The van der Waals surface area contributed by atoms with Crippen molar-refractivity contribution in [3.63, 3.8) is 0 Å². The fourth-order valence-electron chi connectivity index (χ4n) is 3.35. The van der Waals surface area contributed by atoms with Crippen molar-refractivity contribution in [2.24, 2.45) is 0 Å². The first kappa shape index (κ1) is 18.9. The van der Waals surface area contributed by atoms with Crippen LogP contribution in [0.15, 0.2) is 67.3 Å². The summed E-state index contributed by atoms with van der Waals surface area (Å²) in [6, 6.07) is 13.5. The Kier molecular flexibility index (Phi) is 4.87. The van der Waals surface area contributed by atoms with Crippen molar-refractivity contribution in [1.82, 2.24) is 24.7 Å². The molecule has 0 spiro atoms. The molecule has 8 nitrogen and oxygen atoms in total. The third-order valence-electron chi connectivity index (χ3n) is 5.15. The van der Waals surface area contributed by atoms with Gasteiger partial charge in [-0.2, -0.15) is 5.10 Å². The van der Waals surface area contributed by atoms with Crippen LogP contribution < -0.4 is 10.6 Å². The van der Waals surface area contributed by atoms with Crippen molar-refractivity contribution >= 4 is 23.2 Å². The molecule has 31 heavy (non-hydrogen) atoms. The number of carbonyl (C=O) groups is 1. The van der Waals surface area contributed by atoms with E-state index >= 15 is 0 Å². The van der Waals surface area contributed by atoms with Crippen molar-refractivity contribution in [2.45, 2.75) is 25.8 Å². The number of hydrogen-bond acceptors (Lipinski definition) is 6. The van der Waals surface area contributed by atoms with Crippen LogP contribution in [0.1, 0.15) is 34.9 Å². The highest BCUT2D eigenvalue weighted by atomic mass is 16.2. The van der Waals surface area contributed by atoms with Gasteiger partial charge in [0.15, 0.2) is 0 Å². The minimum atomic E-state index is -0.172. The molecule has 1 fully saturated rings. The molecule has 4 aromatic rings. The highest BCUT2D eigenvalue weighted by Gasteiger charge is 2.28. The van der Waals surface area contributed by atoms with Crippen LogP contribution in [-0.4, -0.2) is 30.6 Å². The highest BCUT2D eigenvalue weighted by Crippen LogP contribution is 2.35. The van der Waals surface area contributed by atoms with Crippen molar-refractivity contribution in [1.29, 1.82) is 0 Å². The van der Waals surface area contributed by atoms with E-state index in [9.17, 15) is 4.79 Å². The lowest BCUT2D eigenvalue weighted by Crippen LogP contribution is -2.17. The van der Waals surface area contributed by atoms with Crippen LogP contribution in [0.3, 0.4) is 0 Å². The van der Waals surface area contributed by atoms with E-state index in [2.05, 4.69) is 30.7 Å². The third kappa shape index (κ3) is 4.13. The fourth-order valence-corrected chi connectivity index (χ4v) is 3.35. The average molecular weight is 411 g/mol. The minimum absolute atomic E-state index is 0.172. The predicted molar refractivity (Wildman–Crippen MR) is 118 cm³/mol. The van der Waals surface area contributed by atoms with Gasteiger partial charge in [0.1, 0.15) is 5.69 Å². The number of aryl methyl sites for hydroxylation is 1. The van der Waals surface area contributed by atoms with E-state index in [1.165, 1.54) is 0 Å². The summed E-state index contributed by atoms with van der Waals surface area (Å²) < 4.78 is 1.81. The molecular formula is C23H21N7O. The van der Waals surface area contributed by atoms with Crippen LogP contribution in [0.4, 0.5) is 17.3 Å². The van der Waals surface area contributed by atoms with Crippen LogP contribution in [0, 0.1) is 6.92 Å². The van der Waals surface area contributed by atoms with E-state index in [4.69, 9.17) is 0 Å². The minimum Gasteiger partial charge on any atom is -0.324 e. The maximum absolute atomic E-state index is 12.8. The lowest BCUT2D eigenvalue weighted by Gasteiger charge is -2.12. The molecule has 1 aliphatic rings. The summed E-state index contributed by atoms with van der Waals surface area (Å²) in [5.41, 5.74) is 4.78. The van der Waals surface area contributed by atoms with Gasteiger partial charge in [-0.15, -0.1) is 0 Å². The smallest absolute Gasteiger partial charge is 0.273 e. The Labute approximate surface area is 179 Å². The summed E-state index contributed by atoms with van der Waals surface area (Å²) in [5, 5.41) is 10.5. The Bertz CT molecular complexity index is 1230. The molecule has 1 aliphatic carbocycles. The van der Waals surface area contributed by atoms with E-state index < -0.39 is 0 Å². The van der Waals surface area contributed by atoms with Crippen molar-refractivity contribution < 1.29 is 4.79 Å². The molecule has 1 saturated carbocycles. The number of rotatable bonds is 6.